The van der Waals surface area contributed by atoms with Crippen LogP contribution in [0.3, 0.4) is 0 Å². The highest BCUT2D eigenvalue weighted by Gasteiger charge is 2.68. The van der Waals surface area contributed by atoms with Crippen LogP contribution in [0.4, 0.5) is 0 Å². The normalized spacial score (nSPS) is 49.0. The molecule has 1 aliphatic heterocycles. The second-order valence-corrected chi connectivity index (χ2v) is 12.4. The SMILES string of the molecule is C[C@]12CC[C@@](O)(c3ccccc3)C[C@H]1CC[C@@H]1[C@@H]2CC[C@]2(C)[C@@H](C3=COC(=O)C3)CC[C@]12O. The molecule has 4 fully saturated rings. The number of carbonyl (C=O) groups excluding carboxylic acids is 1. The van der Waals surface area contributed by atoms with Gasteiger partial charge in [-0.15, -0.1) is 0 Å². The van der Waals surface area contributed by atoms with Gasteiger partial charge in [0.25, 0.3) is 0 Å². The van der Waals surface area contributed by atoms with E-state index in [4.69, 9.17) is 4.74 Å². The highest BCUT2D eigenvalue weighted by Crippen LogP contribution is 2.70. The number of fused-ring (bicyclic) bond motifs is 5. The van der Waals surface area contributed by atoms with E-state index in [-0.39, 0.29) is 22.7 Å². The molecule has 1 aromatic carbocycles. The molecule has 1 heterocycles. The fourth-order valence-electron chi connectivity index (χ4n) is 9.41. The van der Waals surface area contributed by atoms with Gasteiger partial charge in [0.2, 0.25) is 0 Å². The van der Waals surface area contributed by atoms with Crippen molar-refractivity contribution in [3.8, 4) is 0 Å². The van der Waals surface area contributed by atoms with Crippen LogP contribution >= 0.6 is 0 Å². The molecule has 1 aromatic rings. The lowest BCUT2D eigenvalue weighted by Gasteiger charge is -2.64. The Balaban J connectivity index is 1.27. The molecule has 33 heavy (non-hydrogen) atoms. The smallest absolute Gasteiger partial charge is 0.314 e. The predicted octanol–water partition coefficient (Wildman–Crippen LogP) is 5.48. The second-order valence-electron chi connectivity index (χ2n) is 12.4. The number of aliphatic hydroxyl groups is 2. The van der Waals surface area contributed by atoms with Crippen molar-refractivity contribution < 1.29 is 19.7 Å². The first kappa shape index (κ1) is 21.9. The van der Waals surface area contributed by atoms with E-state index < -0.39 is 11.2 Å². The predicted molar refractivity (Wildman–Crippen MR) is 126 cm³/mol. The zero-order valence-electron chi connectivity index (χ0n) is 20.1. The Bertz CT molecular complexity index is 987. The van der Waals surface area contributed by atoms with Crippen molar-refractivity contribution in [2.24, 2.45) is 34.5 Å². The maximum Gasteiger partial charge on any atom is 0.314 e. The lowest BCUT2D eigenvalue weighted by molar-refractivity contribution is -0.215. The minimum atomic E-state index is -0.724. The summed E-state index contributed by atoms with van der Waals surface area (Å²) in [5.74, 6) is 1.40. The molecule has 4 saturated carbocycles. The molecule has 0 spiro atoms. The lowest BCUT2D eigenvalue weighted by atomic mass is 9.42. The molecule has 4 nitrogen and oxygen atoms in total. The third kappa shape index (κ3) is 2.92. The minimum Gasteiger partial charge on any atom is -0.434 e. The van der Waals surface area contributed by atoms with E-state index in [1.54, 1.807) is 6.26 Å². The zero-order valence-corrected chi connectivity index (χ0v) is 20.1. The molecule has 0 amide bonds. The summed E-state index contributed by atoms with van der Waals surface area (Å²) in [6, 6.07) is 10.2. The van der Waals surface area contributed by atoms with E-state index in [0.29, 0.717) is 24.2 Å². The van der Waals surface area contributed by atoms with Gasteiger partial charge in [0.05, 0.1) is 23.9 Å². The third-order valence-corrected chi connectivity index (χ3v) is 11.4. The Labute approximate surface area is 197 Å². The Morgan fingerprint density at radius 2 is 1.70 bits per heavy atom. The number of ether oxygens (including phenoxy) is 1. The monoisotopic (exact) mass is 450 g/mol. The van der Waals surface area contributed by atoms with E-state index in [9.17, 15) is 15.0 Å². The van der Waals surface area contributed by atoms with Gasteiger partial charge in [-0.05, 0) is 98.0 Å². The topological polar surface area (TPSA) is 66.8 Å². The summed E-state index contributed by atoms with van der Waals surface area (Å²) >= 11 is 0. The summed E-state index contributed by atoms with van der Waals surface area (Å²) in [5, 5.41) is 24.0. The van der Waals surface area contributed by atoms with Crippen LogP contribution in [0.15, 0.2) is 42.2 Å². The largest absolute Gasteiger partial charge is 0.434 e. The summed E-state index contributed by atoms with van der Waals surface area (Å²) < 4.78 is 5.18. The minimum absolute atomic E-state index is 0.154. The molecule has 6 rings (SSSR count). The first-order chi connectivity index (χ1) is 15.7. The highest BCUT2D eigenvalue weighted by atomic mass is 16.5. The summed E-state index contributed by atoms with van der Waals surface area (Å²) in [4.78, 5) is 11.8. The fourth-order valence-corrected chi connectivity index (χ4v) is 9.41. The number of benzene rings is 1. The molecule has 5 aliphatic rings. The Morgan fingerprint density at radius 3 is 2.42 bits per heavy atom. The van der Waals surface area contributed by atoms with Gasteiger partial charge in [0.1, 0.15) is 0 Å². The molecule has 4 aliphatic carbocycles. The molecule has 0 radical (unpaired) electrons. The van der Waals surface area contributed by atoms with Crippen molar-refractivity contribution in [1.82, 2.24) is 0 Å². The molecule has 0 saturated heterocycles. The molecule has 0 bridgehead atoms. The van der Waals surface area contributed by atoms with Gasteiger partial charge in [-0.25, -0.2) is 0 Å². The molecule has 8 atom stereocenters. The van der Waals surface area contributed by atoms with E-state index in [0.717, 1.165) is 68.9 Å². The van der Waals surface area contributed by atoms with Crippen molar-refractivity contribution in [2.75, 3.05) is 0 Å². The molecular formula is C29H38O4. The standard InChI is InChI=1S/C29H38O4/c1-26-14-15-28(31,20-6-4-3-5-7-20)17-21(26)8-9-24-23(26)10-12-27(2)22(11-13-29(24,27)32)19-16-25(30)33-18-19/h3-7,18,21-24,31-32H,8-17H2,1-2H3/t21-,22-,23+,24-,26+,27-,28+,29+/m1/s1. The molecule has 0 aromatic heterocycles. The quantitative estimate of drug-likeness (QED) is 0.586. The molecule has 178 valence electrons. The first-order valence-corrected chi connectivity index (χ1v) is 13.1. The number of carbonyl (C=O) groups is 1. The summed E-state index contributed by atoms with van der Waals surface area (Å²) in [6.07, 6.45) is 10.8. The number of hydrogen-bond acceptors (Lipinski definition) is 4. The number of rotatable bonds is 2. The fraction of sp³-hybridized carbons (Fsp3) is 0.690. The number of cyclic esters (lactones) is 1. The van der Waals surface area contributed by atoms with Gasteiger partial charge in [-0.3, -0.25) is 4.79 Å². The summed E-state index contributed by atoms with van der Waals surface area (Å²) in [7, 11) is 0. The van der Waals surface area contributed by atoms with Gasteiger partial charge >= 0.3 is 5.97 Å². The van der Waals surface area contributed by atoms with Crippen LogP contribution < -0.4 is 0 Å². The zero-order chi connectivity index (χ0) is 23.1. The Kier molecular flexibility index (Phi) is 4.75. The van der Waals surface area contributed by atoms with Gasteiger partial charge < -0.3 is 14.9 Å². The first-order valence-electron chi connectivity index (χ1n) is 13.1. The van der Waals surface area contributed by atoms with E-state index in [1.807, 2.05) is 18.2 Å². The third-order valence-electron chi connectivity index (χ3n) is 11.4. The van der Waals surface area contributed by atoms with Crippen molar-refractivity contribution >= 4 is 5.97 Å². The van der Waals surface area contributed by atoms with Gasteiger partial charge in [0, 0.05) is 5.41 Å². The highest BCUT2D eigenvalue weighted by molar-refractivity contribution is 5.76. The Morgan fingerprint density at radius 1 is 0.909 bits per heavy atom. The van der Waals surface area contributed by atoms with Crippen molar-refractivity contribution in [2.45, 2.75) is 89.3 Å². The van der Waals surface area contributed by atoms with E-state index in [2.05, 4.69) is 26.0 Å². The van der Waals surface area contributed by atoms with Crippen LogP contribution in [0.2, 0.25) is 0 Å². The molecule has 2 N–H and O–H groups in total. The summed E-state index contributed by atoms with van der Waals surface area (Å²) in [6.45, 7) is 4.75. The average molecular weight is 451 g/mol. The Hall–Kier alpha value is -1.65. The van der Waals surface area contributed by atoms with Gasteiger partial charge in [-0.2, -0.15) is 0 Å². The lowest BCUT2D eigenvalue weighted by Crippen LogP contribution is -2.62. The van der Waals surface area contributed by atoms with Crippen LogP contribution in [0, 0.1) is 34.5 Å². The van der Waals surface area contributed by atoms with Crippen molar-refractivity contribution in [3.63, 3.8) is 0 Å². The van der Waals surface area contributed by atoms with Crippen LogP contribution in [0.25, 0.3) is 0 Å². The van der Waals surface area contributed by atoms with Crippen LogP contribution in [0.5, 0.6) is 0 Å². The maximum absolute atomic E-state index is 12.3. The van der Waals surface area contributed by atoms with Crippen LogP contribution in [0.1, 0.15) is 83.6 Å². The molecular weight excluding hydrogens is 412 g/mol. The maximum atomic E-state index is 12.3. The number of hydrogen-bond donors (Lipinski definition) is 2. The van der Waals surface area contributed by atoms with Crippen molar-refractivity contribution in [3.05, 3.63) is 47.7 Å². The average Bonchev–Trinajstić information content (AvgIpc) is 3.35. The molecule has 4 heteroatoms. The van der Waals surface area contributed by atoms with E-state index >= 15 is 0 Å². The van der Waals surface area contributed by atoms with E-state index in [1.165, 1.54) is 0 Å². The van der Waals surface area contributed by atoms with Gasteiger partial charge in [0.15, 0.2) is 0 Å². The summed E-state index contributed by atoms with van der Waals surface area (Å²) in [5.41, 5.74) is 0.750. The second kappa shape index (κ2) is 7.18. The number of esters is 1. The van der Waals surface area contributed by atoms with Crippen LogP contribution in [-0.4, -0.2) is 21.8 Å². The molecule has 0 unspecified atom stereocenters. The van der Waals surface area contributed by atoms with Crippen molar-refractivity contribution in [1.29, 1.82) is 0 Å². The van der Waals surface area contributed by atoms with Crippen LogP contribution in [-0.2, 0) is 15.1 Å². The van der Waals surface area contributed by atoms with Gasteiger partial charge in [-0.1, -0.05) is 44.2 Å².